The van der Waals surface area contributed by atoms with Crippen molar-refractivity contribution in [1.82, 2.24) is 0 Å². The Hall–Kier alpha value is 0.0906. The molecule has 0 nitrogen and oxygen atoms in total. The van der Waals surface area contributed by atoms with Crippen LogP contribution in [0.2, 0.25) is 24.2 Å². The van der Waals surface area contributed by atoms with Crippen LogP contribution in [0, 0.1) is 0 Å². The van der Waals surface area contributed by atoms with Crippen molar-refractivity contribution in [3.63, 3.8) is 0 Å². The maximum atomic E-state index is 2.50. The molecule has 0 heterocycles. The normalized spacial score (nSPS) is 11.8. The first-order chi connectivity index (χ1) is 12.1. The molecule has 0 aliphatic heterocycles. The summed E-state index contributed by atoms with van der Waals surface area (Å²) >= 11 is 0. The van der Waals surface area contributed by atoms with Gasteiger partial charge < -0.3 is 0 Å². The first-order valence-electron chi connectivity index (χ1n) is 10.1. The molecule has 0 saturated carbocycles. The van der Waals surface area contributed by atoms with Gasteiger partial charge in [-0.15, -0.1) is 0 Å². The molecule has 0 atom stereocenters. The fourth-order valence-corrected chi connectivity index (χ4v) is 39.8. The largest absolute Gasteiger partial charge is 1.00 e. The molecule has 0 spiro atoms. The standard InChI is InChI=1S/C22H35Si3.Na/c1-5-24(6-2,19-21-15-11-9-12-16-21)23-25(7-3,8-4)20-22-17-13-10-14-18-22;/h9-18,23H,5-8,19-20H2,1-4H3;/q-1;+1. The van der Waals surface area contributed by atoms with Crippen LogP contribution in [0.15, 0.2) is 60.7 Å². The zero-order valence-corrected chi connectivity index (χ0v) is 22.7. The van der Waals surface area contributed by atoms with E-state index in [2.05, 4.69) is 88.4 Å². The summed E-state index contributed by atoms with van der Waals surface area (Å²) in [7, 11) is -1.69. The fraction of sp³-hybridized carbons (Fsp3) is 0.455. The Morgan fingerprint density at radius 2 is 0.885 bits per heavy atom. The van der Waals surface area contributed by atoms with Crippen molar-refractivity contribution in [2.45, 2.75) is 64.0 Å². The summed E-state index contributed by atoms with van der Waals surface area (Å²) in [6, 6.07) is 31.4. The maximum Gasteiger partial charge on any atom is 1.00 e. The zero-order chi connectivity index (χ0) is 18.2. The summed E-state index contributed by atoms with van der Waals surface area (Å²) in [6.45, 7) is 9.99. The Kier molecular flexibility index (Phi) is 11.0. The molecular weight excluding hydrogens is 371 g/mol. The summed E-state index contributed by atoms with van der Waals surface area (Å²) in [5, 5.41) is 0. The van der Waals surface area contributed by atoms with Crippen LogP contribution in [-0.2, 0) is 12.1 Å². The van der Waals surface area contributed by atoms with Gasteiger partial charge >= 0.3 is 29.6 Å². The first kappa shape index (κ1) is 24.1. The van der Waals surface area contributed by atoms with Crippen molar-refractivity contribution in [2.24, 2.45) is 0 Å². The summed E-state index contributed by atoms with van der Waals surface area (Å²) in [5.74, 6) is 0. The molecule has 0 N–H and O–H groups in total. The van der Waals surface area contributed by atoms with Gasteiger partial charge in [0.25, 0.3) is 0 Å². The van der Waals surface area contributed by atoms with E-state index in [-0.39, 0.29) is 29.6 Å². The van der Waals surface area contributed by atoms with Gasteiger partial charge in [-0.25, -0.2) is 0 Å². The number of hydrogen-bond donors (Lipinski definition) is 0. The van der Waals surface area contributed by atoms with Crippen molar-refractivity contribution in [2.75, 3.05) is 0 Å². The van der Waals surface area contributed by atoms with E-state index < -0.39 is 15.2 Å². The molecule has 0 radical (unpaired) electrons. The summed E-state index contributed by atoms with van der Waals surface area (Å²) in [4.78, 5) is 0. The van der Waals surface area contributed by atoms with E-state index in [0.29, 0.717) is 8.55 Å². The quantitative estimate of drug-likeness (QED) is 0.532. The SMILES string of the molecule is CC[Si](CC)(Cc1ccccc1)[SiH-][Si](CC)(CC)Cc1ccccc1.[Na+]. The van der Waals surface area contributed by atoms with Crippen LogP contribution in [-0.4, -0.2) is 23.7 Å². The second-order valence-corrected chi connectivity index (χ2v) is 27.7. The molecule has 0 aliphatic rings. The van der Waals surface area contributed by atoms with Gasteiger partial charge in [0.1, 0.15) is 0 Å². The van der Waals surface area contributed by atoms with Crippen molar-refractivity contribution in [1.29, 1.82) is 0 Å². The van der Waals surface area contributed by atoms with Gasteiger partial charge in [-0.1, -0.05) is 151 Å². The van der Waals surface area contributed by atoms with Crippen LogP contribution in [0.5, 0.6) is 0 Å². The second-order valence-electron chi connectivity index (χ2n) is 7.61. The Bertz CT molecular complexity index is 552. The molecule has 0 bridgehead atoms. The monoisotopic (exact) mass is 406 g/mol. The van der Waals surface area contributed by atoms with Gasteiger partial charge in [0, 0.05) is 0 Å². The Morgan fingerprint density at radius 1 is 0.577 bits per heavy atom. The minimum absolute atomic E-state index is 0. The summed E-state index contributed by atoms with van der Waals surface area (Å²) in [5.41, 5.74) is 3.19. The van der Waals surface area contributed by atoms with Crippen molar-refractivity contribution >= 4 is 23.7 Å². The van der Waals surface area contributed by atoms with Crippen LogP contribution in [0.3, 0.4) is 0 Å². The van der Waals surface area contributed by atoms with Gasteiger partial charge in [0.2, 0.25) is 0 Å². The molecule has 0 saturated heterocycles. The predicted octanol–water partition coefficient (Wildman–Crippen LogP) is 2.96. The van der Waals surface area contributed by atoms with Crippen molar-refractivity contribution < 1.29 is 29.6 Å². The maximum absolute atomic E-state index is 2.50. The minimum atomic E-state index is -1.17. The van der Waals surface area contributed by atoms with Gasteiger partial charge in [-0.05, 0) is 0 Å². The molecule has 0 unspecified atom stereocenters. The Balaban J connectivity index is 0.00000338. The van der Waals surface area contributed by atoms with Crippen LogP contribution < -0.4 is 29.6 Å². The van der Waals surface area contributed by atoms with Crippen molar-refractivity contribution in [3.05, 3.63) is 71.8 Å². The van der Waals surface area contributed by atoms with E-state index in [1.165, 1.54) is 36.3 Å². The minimum Gasteiger partial charge on any atom is -0.270 e. The van der Waals surface area contributed by atoms with Gasteiger partial charge in [-0.2, -0.15) is 0 Å². The second kappa shape index (κ2) is 11.8. The first-order valence-corrected chi connectivity index (χ1v) is 18.9. The molecule has 0 amide bonds. The Labute approximate surface area is 187 Å². The molecule has 0 aliphatic carbocycles. The van der Waals surface area contributed by atoms with Gasteiger partial charge in [-0.3, -0.25) is 8.55 Å². The van der Waals surface area contributed by atoms with E-state index in [1.807, 2.05) is 0 Å². The molecule has 0 aromatic heterocycles. The van der Waals surface area contributed by atoms with Crippen LogP contribution in [0.1, 0.15) is 38.8 Å². The third-order valence-electron chi connectivity index (χ3n) is 6.23. The zero-order valence-electron chi connectivity index (χ0n) is 17.6. The van der Waals surface area contributed by atoms with Crippen LogP contribution in [0.25, 0.3) is 0 Å². The fourth-order valence-electron chi connectivity index (χ4n) is 4.16. The summed E-state index contributed by atoms with van der Waals surface area (Å²) in [6.07, 6.45) is 0. The average Bonchev–Trinajstić information content (AvgIpc) is 2.68. The molecule has 2 rings (SSSR count). The molecule has 26 heavy (non-hydrogen) atoms. The number of benzene rings is 2. The molecule has 4 heteroatoms. The van der Waals surface area contributed by atoms with E-state index in [9.17, 15) is 0 Å². The topological polar surface area (TPSA) is 0 Å². The Morgan fingerprint density at radius 3 is 1.15 bits per heavy atom. The van der Waals surface area contributed by atoms with Crippen molar-refractivity contribution in [3.8, 4) is 0 Å². The molecule has 136 valence electrons. The molecular formula is C22H35NaSi3. The van der Waals surface area contributed by atoms with Gasteiger partial charge in [0.05, 0.1) is 0 Å². The van der Waals surface area contributed by atoms with E-state index in [0.717, 1.165) is 0 Å². The smallest absolute Gasteiger partial charge is 0.270 e. The third kappa shape index (κ3) is 6.61. The van der Waals surface area contributed by atoms with E-state index in [4.69, 9.17) is 0 Å². The molecule has 0 fully saturated rings. The molecule has 2 aromatic carbocycles. The third-order valence-corrected chi connectivity index (χ3v) is 36.1. The van der Waals surface area contributed by atoms with Gasteiger partial charge in [0.15, 0.2) is 0 Å². The van der Waals surface area contributed by atoms with E-state index in [1.54, 1.807) is 11.1 Å². The summed E-state index contributed by atoms with van der Waals surface area (Å²) < 4.78 is 0. The average molecular weight is 407 g/mol. The predicted molar refractivity (Wildman–Crippen MR) is 121 cm³/mol. The number of hydrogen-bond acceptors (Lipinski definition) is 0. The van der Waals surface area contributed by atoms with Crippen LogP contribution in [0.4, 0.5) is 0 Å². The van der Waals surface area contributed by atoms with Crippen LogP contribution >= 0.6 is 0 Å². The molecule has 2 aromatic rings. The van der Waals surface area contributed by atoms with E-state index >= 15 is 0 Å². The number of rotatable bonds is 10.